The Morgan fingerprint density at radius 1 is 1.46 bits per heavy atom. The van der Waals surface area contributed by atoms with Crippen LogP contribution >= 0.6 is 0 Å². The highest BCUT2D eigenvalue weighted by Crippen LogP contribution is 2.21. The second-order valence-corrected chi connectivity index (χ2v) is 3.93. The van der Waals surface area contributed by atoms with Gasteiger partial charge in [-0.05, 0) is 13.0 Å². The van der Waals surface area contributed by atoms with Crippen molar-refractivity contribution >= 4 is 0 Å². The van der Waals surface area contributed by atoms with Crippen LogP contribution in [-0.4, -0.2) is 50.5 Å². The summed E-state index contributed by atoms with van der Waals surface area (Å²) in [5, 5.41) is 0. The Morgan fingerprint density at radius 2 is 2.38 bits per heavy atom. The van der Waals surface area contributed by atoms with E-state index in [-0.39, 0.29) is 1.43 Å². The van der Waals surface area contributed by atoms with Gasteiger partial charge in [-0.3, -0.25) is 4.90 Å². The fourth-order valence-electron chi connectivity index (χ4n) is 2.15. The molecule has 13 heavy (non-hydrogen) atoms. The van der Waals surface area contributed by atoms with E-state index < -0.39 is 0 Å². The van der Waals surface area contributed by atoms with Crippen LogP contribution in [0.1, 0.15) is 14.8 Å². The molecule has 3 nitrogen and oxygen atoms in total. The van der Waals surface area contributed by atoms with E-state index in [1.165, 1.54) is 6.42 Å². The van der Waals surface area contributed by atoms with E-state index in [0.717, 1.165) is 39.5 Å². The van der Waals surface area contributed by atoms with Gasteiger partial charge in [0.1, 0.15) is 0 Å². The highest BCUT2D eigenvalue weighted by Gasteiger charge is 2.30. The molecule has 0 amide bonds. The summed E-state index contributed by atoms with van der Waals surface area (Å²) in [6.45, 7) is 8.29. The van der Waals surface area contributed by atoms with Gasteiger partial charge in [0.05, 0.1) is 19.3 Å². The van der Waals surface area contributed by atoms with Crippen LogP contribution in [0.3, 0.4) is 0 Å². The van der Waals surface area contributed by atoms with Gasteiger partial charge in [0.25, 0.3) is 0 Å². The van der Waals surface area contributed by atoms with Gasteiger partial charge in [0.15, 0.2) is 0 Å². The smallest absolute Gasteiger partial charge is 0.0753 e. The topological polar surface area (TPSA) is 21.7 Å². The Balaban J connectivity index is 0.000000980. The monoisotopic (exact) mass is 187 g/mol. The standard InChI is InChI=1S/C10H19NO2.H2/c1-2-11-4-6-13-10(7-11)9-3-5-12-8-9;/h9-10H,2-8H2,1H3;1H/t9-,10?;/m1./s1. The number of rotatable bonds is 2. The van der Waals surface area contributed by atoms with Crippen LogP contribution < -0.4 is 0 Å². The molecule has 0 aromatic carbocycles. The molecule has 78 valence electrons. The molecule has 0 aromatic rings. The van der Waals surface area contributed by atoms with Gasteiger partial charge in [-0.1, -0.05) is 6.92 Å². The maximum Gasteiger partial charge on any atom is 0.0753 e. The van der Waals surface area contributed by atoms with Gasteiger partial charge < -0.3 is 9.47 Å². The van der Waals surface area contributed by atoms with Crippen LogP contribution in [0.25, 0.3) is 0 Å². The van der Waals surface area contributed by atoms with Crippen LogP contribution in [0.5, 0.6) is 0 Å². The van der Waals surface area contributed by atoms with E-state index in [9.17, 15) is 0 Å². The summed E-state index contributed by atoms with van der Waals surface area (Å²) in [6.07, 6.45) is 1.61. The molecule has 0 aromatic heterocycles. The molecule has 2 heterocycles. The largest absolute Gasteiger partial charge is 0.381 e. The summed E-state index contributed by atoms with van der Waals surface area (Å²) in [7, 11) is 0. The lowest BCUT2D eigenvalue weighted by atomic mass is 10.0. The molecule has 2 aliphatic heterocycles. The molecule has 2 fully saturated rings. The SMILES string of the molecule is CCN1CCOC([C@@H]2CCOC2)C1.[HH]. The van der Waals surface area contributed by atoms with Gasteiger partial charge >= 0.3 is 0 Å². The molecule has 1 unspecified atom stereocenters. The van der Waals surface area contributed by atoms with Gasteiger partial charge in [-0.25, -0.2) is 0 Å². The third kappa shape index (κ3) is 2.22. The third-order valence-corrected chi connectivity index (χ3v) is 3.12. The molecule has 0 radical (unpaired) electrons. The molecular formula is C10H21NO2. The lowest BCUT2D eigenvalue weighted by Gasteiger charge is -2.34. The summed E-state index contributed by atoms with van der Waals surface area (Å²) in [4.78, 5) is 2.46. The molecular weight excluding hydrogens is 166 g/mol. The molecule has 0 aliphatic carbocycles. The zero-order valence-corrected chi connectivity index (χ0v) is 8.37. The molecule has 2 aliphatic rings. The highest BCUT2D eigenvalue weighted by atomic mass is 16.5. The number of morpholine rings is 1. The third-order valence-electron chi connectivity index (χ3n) is 3.12. The minimum absolute atomic E-state index is 0. The predicted molar refractivity (Wildman–Crippen MR) is 52.9 cm³/mol. The van der Waals surface area contributed by atoms with Crippen molar-refractivity contribution in [3.05, 3.63) is 0 Å². The summed E-state index contributed by atoms with van der Waals surface area (Å²) >= 11 is 0. The van der Waals surface area contributed by atoms with E-state index in [1.807, 2.05) is 0 Å². The molecule has 0 N–H and O–H groups in total. The molecule has 2 rings (SSSR count). The van der Waals surface area contributed by atoms with Crippen LogP contribution in [0.4, 0.5) is 0 Å². The lowest BCUT2D eigenvalue weighted by molar-refractivity contribution is -0.0569. The molecule has 0 bridgehead atoms. The minimum atomic E-state index is 0. The van der Waals surface area contributed by atoms with E-state index in [0.29, 0.717) is 12.0 Å². The average molecular weight is 187 g/mol. The average Bonchev–Trinajstić information content (AvgIpc) is 2.71. The van der Waals surface area contributed by atoms with Crippen molar-refractivity contribution in [3.8, 4) is 0 Å². The van der Waals surface area contributed by atoms with Crippen molar-refractivity contribution < 1.29 is 10.9 Å². The Kier molecular flexibility index (Phi) is 3.19. The van der Waals surface area contributed by atoms with Gasteiger partial charge in [0, 0.05) is 27.0 Å². The first kappa shape index (κ1) is 9.44. The van der Waals surface area contributed by atoms with Crippen LogP contribution in [0.2, 0.25) is 0 Å². The van der Waals surface area contributed by atoms with E-state index >= 15 is 0 Å². The van der Waals surface area contributed by atoms with Crippen molar-refractivity contribution in [1.82, 2.24) is 4.90 Å². The molecule has 0 spiro atoms. The van der Waals surface area contributed by atoms with Gasteiger partial charge in [-0.2, -0.15) is 0 Å². The van der Waals surface area contributed by atoms with Crippen LogP contribution in [0, 0.1) is 5.92 Å². The minimum Gasteiger partial charge on any atom is -0.381 e. The van der Waals surface area contributed by atoms with Crippen molar-refractivity contribution in [3.63, 3.8) is 0 Å². The van der Waals surface area contributed by atoms with Gasteiger partial charge in [-0.15, -0.1) is 0 Å². The number of hydrogen-bond donors (Lipinski definition) is 0. The Bertz CT molecular complexity index is 162. The number of hydrogen-bond acceptors (Lipinski definition) is 3. The van der Waals surface area contributed by atoms with Crippen LogP contribution in [0.15, 0.2) is 0 Å². The maximum atomic E-state index is 5.77. The number of likely N-dealkylation sites (N-methyl/N-ethyl adjacent to an activating group) is 1. The first-order valence-corrected chi connectivity index (χ1v) is 5.32. The molecule has 3 heteroatoms. The normalized spacial score (nSPS) is 36.7. The van der Waals surface area contributed by atoms with E-state index in [2.05, 4.69) is 11.8 Å². The number of nitrogens with zero attached hydrogens (tertiary/aromatic N) is 1. The Labute approximate surface area is 81.5 Å². The van der Waals surface area contributed by atoms with Gasteiger partial charge in [0.2, 0.25) is 0 Å². The zero-order valence-electron chi connectivity index (χ0n) is 8.37. The Morgan fingerprint density at radius 3 is 3.08 bits per heavy atom. The first-order chi connectivity index (χ1) is 6.40. The summed E-state index contributed by atoms with van der Waals surface area (Å²) in [6, 6.07) is 0. The zero-order chi connectivity index (χ0) is 9.10. The summed E-state index contributed by atoms with van der Waals surface area (Å²) in [5.74, 6) is 0.648. The van der Waals surface area contributed by atoms with Crippen molar-refractivity contribution in [2.24, 2.45) is 5.92 Å². The van der Waals surface area contributed by atoms with Crippen molar-refractivity contribution in [2.75, 3.05) is 39.5 Å². The predicted octanol–water partition coefficient (Wildman–Crippen LogP) is 0.990. The van der Waals surface area contributed by atoms with Crippen molar-refractivity contribution in [1.29, 1.82) is 0 Å². The molecule has 2 saturated heterocycles. The van der Waals surface area contributed by atoms with Crippen LogP contribution in [-0.2, 0) is 9.47 Å². The number of ether oxygens (including phenoxy) is 2. The van der Waals surface area contributed by atoms with Crippen molar-refractivity contribution in [2.45, 2.75) is 19.4 Å². The fourth-order valence-corrected chi connectivity index (χ4v) is 2.15. The highest BCUT2D eigenvalue weighted by molar-refractivity contribution is 4.79. The summed E-state index contributed by atoms with van der Waals surface area (Å²) in [5.41, 5.74) is 0. The first-order valence-electron chi connectivity index (χ1n) is 5.32. The Hall–Kier alpha value is -0.120. The summed E-state index contributed by atoms with van der Waals surface area (Å²) < 4.78 is 11.2. The molecule has 2 atom stereocenters. The maximum absolute atomic E-state index is 5.77. The van der Waals surface area contributed by atoms with E-state index in [4.69, 9.17) is 9.47 Å². The van der Waals surface area contributed by atoms with E-state index in [1.54, 1.807) is 0 Å². The molecule has 0 saturated carbocycles. The fraction of sp³-hybridized carbons (Fsp3) is 1.00. The quantitative estimate of drug-likeness (QED) is 0.643. The second kappa shape index (κ2) is 4.40. The second-order valence-electron chi connectivity index (χ2n) is 3.93. The lowest BCUT2D eigenvalue weighted by Crippen LogP contribution is -2.45.